The first-order chi connectivity index (χ1) is 33.5. The first-order valence-corrected chi connectivity index (χ1v) is 29.6. The zero-order chi connectivity index (χ0) is 49.3. The van der Waals surface area contributed by atoms with Gasteiger partial charge in [-0.2, -0.15) is 0 Å². The Hall–Kier alpha value is -2.63. The molecule has 0 saturated heterocycles. The number of unbranched alkanes of at least 4 members (excludes halogenated alkanes) is 35. The normalized spacial score (nSPS) is 12.3. The Morgan fingerprint density at radius 1 is 0.309 bits per heavy atom. The van der Waals surface area contributed by atoms with Gasteiger partial charge in [0, 0.05) is 19.3 Å². The highest BCUT2D eigenvalue weighted by Crippen LogP contribution is 2.16. The lowest BCUT2D eigenvalue weighted by atomic mass is 10.0. The number of hydrogen-bond acceptors (Lipinski definition) is 6. The standard InChI is InChI=1S/C62H112O6/c1-4-7-10-13-16-19-22-25-27-29-31-33-34-37-40-43-46-49-52-55-61(64)67-58-59(57-66-60(63)54-51-48-45-42-39-36-24-21-18-15-12-9-6-3)68-62(65)56-53-50-47-44-41-38-35-32-30-28-26-23-20-17-14-11-8-5-2/h7,10,16,19,25,27,32,35,59H,4-6,8-9,11-15,17-18,20-24,26,28-31,33-34,36-58H2,1-3H3/b10-7-,19-16-,27-25-,35-32-. The van der Waals surface area contributed by atoms with Gasteiger partial charge in [-0.3, -0.25) is 14.4 Å². The van der Waals surface area contributed by atoms with Gasteiger partial charge in [-0.1, -0.05) is 262 Å². The van der Waals surface area contributed by atoms with E-state index in [1.807, 2.05) is 0 Å². The molecule has 0 bridgehead atoms. The molecule has 0 radical (unpaired) electrons. The van der Waals surface area contributed by atoms with Crippen molar-refractivity contribution in [3.8, 4) is 0 Å². The van der Waals surface area contributed by atoms with Gasteiger partial charge < -0.3 is 14.2 Å². The largest absolute Gasteiger partial charge is 0.462 e. The Kier molecular flexibility index (Phi) is 54.8. The molecule has 0 heterocycles. The molecule has 0 fully saturated rings. The lowest BCUT2D eigenvalue weighted by Crippen LogP contribution is -2.30. The van der Waals surface area contributed by atoms with Gasteiger partial charge in [0.2, 0.25) is 0 Å². The number of ether oxygens (including phenoxy) is 3. The predicted octanol–water partition coefficient (Wildman–Crippen LogP) is 19.8. The average Bonchev–Trinajstić information content (AvgIpc) is 3.34. The molecule has 0 spiro atoms. The van der Waals surface area contributed by atoms with Crippen LogP contribution in [0.2, 0.25) is 0 Å². The van der Waals surface area contributed by atoms with E-state index in [2.05, 4.69) is 69.4 Å². The molecule has 0 aromatic carbocycles. The Bertz CT molecular complexity index is 1190. The van der Waals surface area contributed by atoms with E-state index in [-0.39, 0.29) is 31.1 Å². The van der Waals surface area contributed by atoms with Crippen molar-refractivity contribution in [1.82, 2.24) is 0 Å². The third kappa shape index (κ3) is 54.3. The zero-order valence-electron chi connectivity index (χ0n) is 45.4. The molecule has 6 nitrogen and oxygen atoms in total. The third-order valence-electron chi connectivity index (χ3n) is 13.1. The molecule has 0 aromatic heterocycles. The summed E-state index contributed by atoms with van der Waals surface area (Å²) in [5.41, 5.74) is 0. The Morgan fingerprint density at radius 3 is 0.912 bits per heavy atom. The van der Waals surface area contributed by atoms with Crippen molar-refractivity contribution in [3.63, 3.8) is 0 Å². The molecule has 0 aliphatic heterocycles. The molecule has 1 unspecified atom stereocenters. The highest BCUT2D eigenvalue weighted by Gasteiger charge is 2.19. The van der Waals surface area contributed by atoms with Gasteiger partial charge in [0.1, 0.15) is 13.2 Å². The molecule has 0 N–H and O–H groups in total. The minimum absolute atomic E-state index is 0.0747. The minimum atomic E-state index is -0.777. The van der Waals surface area contributed by atoms with Crippen molar-refractivity contribution in [1.29, 1.82) is 0 Å². The number of rotatable bonds is 54. The van der Waals surface area contributed by atoms with E-state index < -0.39 is 6.10 Å². The summed E-state index contributed by atoms with van der Waals surface area (Å²) in [5.74, 6) is -0.873. The maximum atomic E-state index is 12.9. The van der Waals surface area contributed by atoms with Crippen LogP contribution in [-0.2, 0) is 28.6 Å². The van der Waals surface area contributed by atoms with Gasteiger partial charge in [0.25, 0.3) is 0 Å². The molecule has 396 valence electrons. The van der Waals surface area contributed by atoms with E-state index in [9.17, 15) is 14.4 Å². The van der Waals surface area contributed by atoms with E-state index in [0.29, 0.717) is 19.3 Å². The average molecular weight is 954 g/mol. The molecular formula is C62H112O6. The van der Waals surface area contributed by atoms with Gasteiger partial charge in [-0.25, -0.2) is 0 Å². The van der Waals surface area contributed by atoms with E-state index in [0.717, 1.165) is 83.5 Å². The van der Waals surface area contributed by atoms with Gasteiger partial charge >= 0.3 is 17.9 Å². The first-order valence-electron chi connectivity index (χ1n) is 29.6. The van der Waals surface area contributed by atoms with Gasteiger partial charge in [-0.05, 0) is 77.0 Å². The van der Waals surface area contributed by atoms with Crippen LogP contribution in [0.3, 0.4) is 0 Å². The zero-order valence-corrected chi connectivity index (χ0v) is 45.4. The van der Waals surface area contributed by atoms with Crippen LogP contribution < -0.4 is 0 Å². The minimum Gasteiger partial charge on any atom is -0.462 e. The van der Waals surface area contributed by atoms with Crippen LogP contribution in [0.4, 0.5) is 0 Å². The maximum absolute atomic E-state index is 12.9. The molecule has 0 aromatic rings. The summed E-state index contributed by atoms with van der Waals surface area (Å²) < 4.78 is 16.9. The van der Waals surface area contributed by atoms with Crippen molar-refractivity contribution in [2.24, 2.45) is 0 Å². The molecule has 1 atom stereocenters. The smallest absolute Gasteiger partial charge is 0.306 e. The predicted molar refractivity (Wildman–Crippen MR) is 293 cm³/mol. The fraction of sp³-hybridized carbons (Fsp3) is 0.823. The first kappa shape index (κ1) is 65.4. The van der Waals surface area contributed by atoms with Crippen molar-refractivity contribution in [2.75, 3.05) is 13.2 Å². The number of carbonyl (C=O) groups excluding carboxylic acids is 3. The second-order valence-corrected chi connectivity index (χ2v) is 19.9. The van der Waals surface area contributed by atoms with Crippen LogP contribution in [0.5, 0.6) is 0 Å². The Morgan fingerprint density at radius 2 is 0.574 bits per heavy atom. The number of esters is 3. The second kappa shape index (κ2) is 57.0. The number of carbonyl (C=O) groups is 3. The fourth-order valence-electron chi connectivity index (χ4n) is 8.63. The van der Waals surface area contributed by atoms with Crippen molar-refractivity contribution in [3.05, 3.63) is 48.6 Å². The molecular weight excluding hydrogens is 841 g/mol. The van der Waals surface area contributed by atoms with Crippen LogP contribution in [0.15, 0.2) is 48.6 Å². The molecule has 68 heavy (non-hydrogen) atoms. The Labute approximate surface area is 422 Å². The van der Waals surface area contributed by atoms with Crippen LogP contribution >= 0.6 is 0 Å². The topological polar surface area (TPSA) is 78.9 Å². The summed E-state index contributed by atoms with van der Waals surface area (Å²) in [5, 5.41) is 0. The van der Waals surface area contributed by atoms with Gasteiger partial charge in [0.05, 0.1) is 0 Å². The number of allylic oxidation sites excluding steroid dienone is 8. The molecule has 0 aliphatic rings. The quantitative estimate of drug-likeness (QED) is 0.0262. The summed E-state index contributed by atoms with van der Waals surface area (Å²) >= 11 is 0. The highest BCUT2D eigenvalue weighted by molar-refractivity contribution is 5.71. The monoisotopic (exact) mass is 953 g/mol. The van der Waals surface area contributed by atoms with Crippen molar-refractivity contribution >= 4 is 17.9 Å². The second-order valence-electron chi connectivity index (χ2n) is 19.9. The van der Waals surface area contributed by atoms with E-state index in [1.54, 1.807) is 0 Å². The van der Waals surface area contributed by atoms with Crippen LogP contribution in [0, 0.1) is 0 Å². The summed E-state index contributed by atoms with van der Waals surface area (Å²) in [6.07, 6.45) is 69.6. The van der Waals surface area contributed by atoms with E-state index in [1.165, 1.54) is 186 Å². The van der Waals surface area contributed by atoms with Gasteiger partial charge in [-0.15, -0.1) is 0 Å². The maximum Gasteiger partial charge on any atom is 0.306 e. The van der Waals surface area contributed by atoms with Crippen molar-refractivity contribution < 1.29 is 28.6 Å². The number of hydrogen-bond donors (Lipinski definition) is 0. The van der Waals surface area contributed by atoms with Crippen LogP contribution in [0.25, 0.3) is 0 Å². The summed E-state index contributed by atoms with van der Waals surface area (Å²) in [7, 11) is 0. The van der Waals surface area contributed by atoms with Crippen LogP contribution in [-0.4, -0.2) is 37.2 Å². The highest BCUT2D eigenvalue weighted by atomic mass is 16.6. The molecule has 0 amide bonds. The Balaban J connectivity index is 4.35. The molecule has 6 heteroatoms. The summed E-state index contributed by atoms with van der Waals surface area (Å²) in [6, 6.07) is 0. The fourth-order valence-corrected chi connectivity index (χ4v) is 8.63. The van der Waals surface area contributed by atoms with Gasteiger partial charge in [0.15, 0.2) is 6.10 Å². The summed E-state index contributed by atoms with van der Waals surface area (Å²) in [4.78, 5) is 38.2. The molecule has 0 aliphatic carbocycles. The SMILES string of the molecule is CC/C=C\C/C=C\C/C=C\CCCCCCCCCCCC(=O)OCC(COC(=O)CCCCCCCCCCCCCCC)OC(=O)CCCCCCC/C=C\CCCCCCCCCCC. The molecule has 0 saturated carbocycles. The summed E-state index contributed by atoms with van der Waals surface area (Å²) in [6.45, 7) is 6.56. The lowest BCUT2D eigenvalue weighted by Gasteiger charge is -2.18. The van der Waals surface area contributed by atoms with Crippen molar-refractivity contribution in [2.45, 2.75) is 316 Å². The van der Waals surface area contributed by atoms with E-state index >= 15 is 0 Å². The molecule has 0 rings (SSSR count). The third-order valence-corrected chi connectivity index (χ3v) is 13.1. The lowest BCUT2D eigenvalue weighted by molar-refractivity contribution is -0.167. The van der Waals surface area contributed by atoms with Crippen LogP contribution in [0.1, 0.15) is 310 Å². The van der Waals surface area contributed by atoms with E-state index in [4.69, 9.17) is 14.2 Å².